The molecule has 0 radical (unpaired) electrons. The summed E-state index contributed by atoms with van der Waals surface area (Å²) in [6, 6.07) is 8.06. The highest BCUT2D eigenvalue weighted by atomic mass is 15.3. The second-order valence-electron chi connectivity index (χ2n) is 3.38. The minimum atomic E-state index is 0.827. The molecule has 3 rings (SSSR count). The number of pyridine rings is 1. The normalized spacial score (nSPS) is 11.5. The molecule has 14 heavy (non-hydrogen) atoms. The van der Waals surface area contributed by atoms with E-state index < -0.39 is 0 Å². The summed E-state index contributed by atoms with van der Waals surface area (Å²) in [4.78, 5) is 4.40. The van der Waals surface area contributed by atoms with Gasteiger partial charge in [0.05, 0.1) is 0 Å². The van der Waals surface area contributed by atoms with Gasteiger partial charge in [-0.25, -0.2) is 9.66 Å². The number of fused-ring (bicyclic) bond motifs is 3. The van der Waals surface area contributed by atoms with Gasteiger partial charge in [0.2, 0.25) is 0 Å². The topological polar surface area (TPSA) is 48.2 Å². The summed E-state index contributed by atoms with van der Waals surface area (Å²) in [5.74, 6) is 6.67. The van der Waals surface area contributed by atoms with Crippen LogP contribution in [0.25, 0.3) is 16.7 Å². The Labute approximate surface area is 80.5 Å². The molecular weight excluding hydrogens is 176 g/mol. The van der Waals surface area contributed by atoms with Gasteiger partial charge in [-0.05, 0) is 25.1 Å². The Morgan fingerprint density at radius 3 is 3.07 bits per heavy atom. The van der Waals surface area contributed by atoms with Gasteiger partial charge in [0, 0.05) is 11.7 Å². The number of hydrogen-bond acceptors (Lipinski definition) is 2. The van der Waals surface area contributed by atoms with E-state index in [0.29, 0.717) is 0 Å². The lowest BCUT2D eigenvalue weighted by atomic mass is 10.4. The summed E-state index contributed by atoms with van der Waals surface area (Å²) in [5, 5.41) is 0. The minimum absolute atomic E-state index is 0.827. The molecule has 3 heterocycles. The number of rotatable bonds is 0. The molecule has 0 fully saturated rings. The van der Waals surface area contributed by atoms with E-state index in [9.17, 15) is 0 Å². The van der Waals surface area contributed by atoms with Crippen LogP contribution in [0.4, 0.5) is 0 Å². The van der Waals surface area contributed by atoms with Crippen LogP contribution in [-0.4, -0.2) is 14.1 Å². The molecule has 0 atom stereocenters. The van der Waals surface area contributed by atoms with Crippen molar-refractivity contribution in [2.75, 3.05) is 5.84 Å². The molecule has 0 saturated carbocycles. The van der Waals surface area contributed by atoms with Crippen LogP contribution in [0.2, 0.25) is 0 Å². The van der Waals surface area contributed by atoms with Crippen molar-refractivity contribution < 1.29 is 0 Å². The quantitative estimate of drug-likeness (QED) is 0.538. The van der Waals surface area contributed by atoms with E-state index in [2.05, 4.69) is 4.98 Å². The second-order valence-corrected chi connectivity index (χ2v) is 3.38. The van der Waals surface area contributed by atoms with Crippen molar-refractivity contribution in [2.24, 2.45) is 0 Å². The number of aryl methyl sites for hydroxylation is 1. The van der Waals surface area contributed by atoms with Gasteiger partial charge >= 0.3 is 0 Å². The molecule has 3 aromatic heterocycles. The Hall–Kier alpha value is -1.97. The molecule has 0 aliphatic rings. The van der Waals surface area contributed by atoms with Crippen LogP contribution in [0.5, 0.6) is 0 Å². The molecule has 2 N–H and O–H groups in total. The van der Waals surface area contributed by atoms with Crippen LogP contribution in [-0.2, 0) is 0 Å². The molecule has 0 bridgehead atoms. The molecule has 0 amide bonds. The molecule has 0 unspecified atom stereocenters. The van der Waals surface area contributed by atoms with Gasteiger partial charge in [-0.1, -0.05) is 6.07 Å². The molecule has 70 valence electrons. The van der Waals surface area contributed by atoms with Gasteiger partial charge in [0.15, 0.2) is 5.65 Å². The van der Waals surface area contributed by atoms with E-state index in [4.69, 9.17) is 5.84 Å². The summed E-state index contributed by atoms with van der Waals surface area (Å²) in [6.45, 7) is 1.90. The van der Waals surface area contributed by atoms with Gasteiger partial charge < -0.3 is 5.84 Å². The molecule has 0 aliphatic heterocycles. The van der Waals surface area contributed by atoms with Crippen molar-refractivity contribution in [2.45, 2.75) is 6.92 Å². The smallest absolute Gasteiger partial charge is 0.165 e. The van der Waals surface area contributed by atoms with Crippen molar-refractivity contribution in [3.8, 4) is 0 Å². The number of imidazole rings is 1. The Morgan fingerprint density at radius 1 is 1.36 bits per heavy atom. The van der Waals surface area contributed by atoms with Crippen molar-refractivity contribution in [1.82, 2.24) is 14.1 Å². The number of nitrogen functional groups attached to an aromatic ring is 1. The largest absolute Gasteiger partial charge is 0.337 e. The Kier molecular flexibility index (Phi) is 1.21. The fraction of sp³-hybridized carbons (Fsp3) is 0.100. The van der Waals surface area contributed by atoms with E-state index in [1.54, 1.807) is 4.68 Å². The van der Waals surface area contributed by atoms with Crippen molar-refractivity contribution in [1.29, 1.82) is 0 Å². The zero-order valence-electron chi connectivity index (χ0n) is 7.81. The van der Waals surface area contributed by atoms with Gasteiger partial charge in [-0.3, -0.25) is 4.40 Å². The van der Waals surface area contributed by atoms with Crippen LogP contribution in [0.3, 0.4) is 0 Å². The fourth-order valence-corrected chi connectivity index (χ4v) is 1.76. The summed E-state index contributed by atoms with van der Waals surface area (Å²) >= 11 is 0. The first-order valence-corrected chi connectivity index (χ1v) is 4.47. The number of aromatic nitrogens is 3. The van der Waals surface area contributed by atoms with Crippen LogP contribution in [0.15, 0.2) is 30.5 Å². The first kappa shape index (κ1) is 7.44. The van der Waals surface area contributed by atoms with Crippen molar-refractivity contribution in [3.63, 3.8) is 0 Å². The molecule has 0 aliphatic carbocycles. The maximum Gasteiger partial charge on any atom is 0.165 e. The van der Waals surface area contributed by atoms with Gasteiger partial charge in [0.25, 0.3) is 0 Å². The van der Waals surface area contributed by atoms with Gasteiger partial charge in [-0.15, -0.1) is 0 Å². The predicted octanol–water partition coefficient (Wildman–Crippen LogP) is 1.31. The zero-order chi connectivity index (χ0) is 9.71. The van der Waals surface area contributed by atoms with E-state index >= 15 is 0 Å². The highest BCUT2D eigenvalue weighted by molar-refractivity contribution is 5.82. The maximum atomic E-state index is 5.84. The number of nitrogens with zero attached hydrogens (tertiary/aromatic N) is 3. The molecule has 3 aromatic rings. The molecule has 0 saturated heterocycles. The monoisotopic (exact) mass is 186 g/mol. The summed E-state index contributed by atoms with van der Waals surface area (Å²) in [6.07, 6.45) is 1.99. The minimum Gasteiger partial charge on any atom is -0.337 e. The van der Waals surface area contributed by atoms with Gasteiger partial charge in [0.1, 0.15) is 11.3 Å². The fourth-order valence-electron chi connectivity index (χ4n) is 1.76. The van der Waals surface area contributed by atoms with Crippen LogP contribution in [0, 0.1) is 6.92 Å². The second kappa shape index (κ2) is 2.29. The lowest BCUT2D eigenvalue weighted by Gasteiger charge is -1.93. The maximum absolute atomic E-state index is 5.84. The third-order valence-electron chi connectivity index (χ3n) is 2.51. The van der Waals surface area contributed by atoms with Crippen LogP contribution < -0.4 is 5.84 Å². The third-order valence-corrected chi connectivity index (χ3v) is 2.51. The Balaban J connectivity index is 2.60. The highest BCUT2D eigenvalue weighted by Crippen LogP contribution is 2.18. The summed E-state index contributed by atoms with van der Waals surface area (Å²) in [7, 11) is 0. The van der Waals surface area contributed by atoms with E-state index in [-0.39, 0.29) is 0 Å². The SMILES string of the molecule is Cc1nc2c(cc3ccccn32)n1N. The number of nitrogens with two attached hydrogens (primary N) is 1. The summed E-state index contributed by atoms with van der Waals surface area (Å²) in [5.41, 5.74) is 3.00. The Morgan fingerprint density at radius 2 is 2.21 bits per heavy atom. The van der Waals surface area contributed by atoms with Crippen molar-refractivity contribution >= 4 is 16.7 Å². The third kappa shape index (κ3) is 0.750. The van der Waals surface area contributed by atoms with Crippen LogP contribution in [0.1, 0.15) is 5.82 Å². The zero-order valence-corrected chi connectivity index (χ0v) is 7.81. The Bertz CT molecular complexity index is 617. The van der Waals surface area contributed by atoms with E-state index in [1.165, 1.54) is 0 Å². The molecule has 4 heteroatoms. The average molecular weight is 186 g/mol. The standard InChI is InChI=1S/C10H10N4/c1-7-12-10-9(14(7)11)6-8-4-2-3-5-13(8)10/h2-6H,11H2,1H3. The molecule has 0 spiro atoms. The first-order chi connectivity index (χ1) is 6.77. The van der Waals surface area contributed by atoms with E-state index in [0.717, 1.165) is 22.5 Å². The average Bonchev–Trinajstić information content (AvgIpc) is 2.67. The van der Waals surface area contributed by atoms with E-state index in [1.807, 2.05) is 41.8 Å². The molecular formula is C10H10N4. The lowest BCUT2D eigenvalue weighted by molar-refractivity contribution is 0.953. The predicted molar refractivity (Wildman–Crippen MR) is 55.6 cm³/mol. The first-order valence-electron chi connectivity index (χ1n) is 4.47. The highest BCUT2D eigenvalue weighted by Gasteiger charge is 2.09. The lowest BCUT2D eigenvalue weighted by Crippen LogP contribution is -2.08. The summed E-state index contributed by atoms with van der Waals surface area (Å²) < 4.78 is 3.65. The molecule has 0 aromatic carbocycles. The van der Waals surface area contributed by atoms with Gasteiger partial charge in [-0.2, -0.15) is 0 Å². The number of hydrogen-bond donors (Lipinski definition) is 1. The molecule has 4 nitrogen and oxygen atoms in total. The van der Waals surface area contributed by atoms with Crippen molar-refractivity contribution in [3.05, 3.63) is 36.3 Å². The van der Waals surface area contributed by atoms with Crippen LogP contribution >= 0.6 is 0 Å².